The molecule has 0 spiro atoms. The molecule has 2 rings (SSSR count). The van der Waals surface area contributed by atoms with E-state index in [1.54, 1.807) is 30.3 Å². The van der Waals surface area contributed by atoms with Crippen LogP contribution < -0.4 is 0 Å². The minimum Gasteiger partial charge on any atom is -0.411 e. The van der Waals surface area contributed by atoms with Crippen LogP contribution in [0.15, 0.2) is 47.8 Å². The first-order valence-electron chi connectivity index (χ1n) is 5.03. The van der Waals surface area contributed by atoms with Gasteiger partial charge in [0, 0.05) is 12.6 Å². The van der Waals surface area contributed by atoms with Crippen LogP contribution in [0.4, 0.5) is 4.39 Å². The minimum absolute atomic E-state index is 0.169. The number of halogens is 1. The highest BCUT2D eigenvalue weighted by molar-refractivity contribution is 5.99. The summed E-state index contributed by atoms with van der Waals surface area (Å²) in [7, 11) is 0. The number of nitrogens with zero attached hydrogens (tertiary/aromatic N) is 3. The van der Waals surface area contributed by atoms with Crippen LogP contribution in [-0.2, 0) is 6.42 Å². The molecule has 0 aliphatic rings. The van der Waals surface area contributed by atoms with Gasteiger partial charge in [-0.1, -0.05) is 23.4 Å². The van der Waals surface area contributed by atoms with Gasteiger partial charge >= 0.3 is 0 Å². The summed E-state index contributed by atoms with van der Waals surface area (Å²) in [5, 5.41) is 19.6. The average molecular weight is 231 g/mol. The lowest BCUT2D eigenvalue weighted by Crippen LogP contribution is -2.09. The van der Waals surface area contributed by atoms with Crippen LogP contribution in [0, 0.1) is 5.82 Å². The maximum atomic E-state index is 13.4. The normalized spacial score (nSPS) is 11.5. The van der Waals surface area contributed by atoms with E-state index in [1.807, 2.05) is 0 Å². The Hall–Kier alpha value is -2.30. The van der Waals surface area contributed by atoms with E-state index >= 15 is 0 Å². The molecule has 5 heteroatoms. The lowest BCUT2D eigenvalue weighted by atomic mass is 10.1. The summed E-state index contributed by atoms with van der Waals surface area (Å²) in [5.41, 5.74) is 1.16. The van der Waals surface area contributed by atoms with Gasteiger partial charge in [0.2, 0.25) is 0 Å². The Morgan fingerprint density at radius 3 is 2.71 bits per heavy atom. The highest BCUT2D eigenvalue weighted by Gasteiger charge is 2.10. The van der Waals surface area contributed by atoms with Crippen LogP contribution in [0.5, 0.6) is 0 Å². The van der Waals surface area contributed by atoms with Crippen LogP contribution in [0.2, 0.25) is 0 Å². The number of hydrogen-bond acceptors (Lipinski definition) is 4. The molecule has 1 heterocycles. The van der Waals surface area contributed by atoms with Gasteiger partial charge in [0.15, 0.2) is 0 Å². The zero-order valence-corrected chi connectivity index (χ0v) is 8.92. The van der Waals surface area contributed by atoms with Gasteiger partial charge in [-0.05, 0) is 23.8 Å². The fourth-order valence-electron chi connectivity index (χ4n) is 1.45. The third-order valence-corrected chi connectivity index (χ3v) is 2.30. The van der Waals surface area contributed by atoms with Crippen molar-refractivity contribution in [2.75, 3.05) is 0 Å². The molecule has 0 unspecified atom stereocenters. The molecule has 0 fully saturated rings. The zero-order valence-electron chi connectivity index (χ0n) is 8.92. The van der Waals surface area contributed by atoms with E-state index in [0.29, 0.717) is 11.3 Å². The van der Waals surface area contributed by atoms with E-state index in [9.17, 15) is 4.39 Å². The summed E-state index contributed by atoms with van der Waals surface area (Å²) in [6.45, 7) is 0. The van der Waals surface area contributed by atoms with E-state index in [0.717, 1.165) is 0 Å². The molecule has 0 saturated heterocycles. The molecule has 0 aliphatic carbocycles. The molecule has 0 aliphatic heterocycles. The molecule has 4 nitrogen and oxygen atoms in total. The number of oxime groups is 1. The van der Waals surface area contributed by atoms with Gasteiger partial charge in [0.25, 0.3) is 0 Å². The number of rotatable bonds is 3. The molecule has 1 aromatic heterocycles. The lowest BCUT2D eigenvalue weighted by Gasteiger charge is -2.04. The Kier molecular flexibility index (Phi) is 3.40. The van der Waals surface area contributed by atoms with Crippen LogP contribution >= 0.6 is 0 Å². The van der Waals surface area contributed by atoms with Crippen molar-refractivity contribution < 1.29 is 9.60 Å². The maximum Gasteiger partial charge on any atom is 0.126 e. The second-order valence-corrected chi connectivity index (χ2v) is 3.42. The van der Waals surface area contributed by atoms with Crippen molar-refractivity contribution in [3.63, 3.8) is 0 Å². The van der Waals surface area contributed by atoms with Gasteiger partial charge in [-0.25, -0.2) is 4.39 Å². The molecule has 1 aromatic carbocycles. The molecule has 86 valence electrons. The van der Waals surface area contributed by atoms with Crippen molar-refractivity contribution in [2.45, 2.75) is 6.42 Å². The topological polar surface area (TPSA) is 58.4 Å². The smallest absolute Gasteiger partial charge is 0.126 e. The summed E-state index contributed by atoms with van der Waals surface area (Å²) in [5.74, 6) is -0.336. The van der Waals surface area contributed by atoms with E-state index in [1.165, 1.54) is 12.3 Å². The minimum atomic E-state index is -0.336. The largest absolute Gasteiger partial charge is 0.411 e. The van der Waals surface area contributed by atoms with Crippen LogP contribution in [-0.4, -0.2) is 21.1 Å². The second kappa shape index (κ2) is 5.16. The predicted octanol–water partition coefficient (Wildman–Crippen LogP) is 2.04. The third-order valence-electron chi connectivity index (χ3n) is 2.30. The average Bonchev–Trinajstić information content (AvgIpc) is 2.39. The van der Waals surface area contributed by atoms with Gasteiger partial charge in [0.1, 0.15) is 17.2 Å². The number of aromatic nitrogens is 2. The Balaban J connectivity index is 2.26. The fraction of sp³-hybridized carbons (Fsp3) is 0.0833. The van der Waals surface area contributed by atoms with Crippen molar-refractivity contribution in [1.29, 1.82) is 0 Å². The monoisotopic (exact) mass is 231 g/mol. The Morgan fingerprint density at radius 2 is 2.06 bits per heavy atom. The summed E-state index contributed by atoms with van der Waals surface area (Å²) in [4.78, 5) is 0. The van der Waals surface area contributed by atoms with Crippen molar-refractivity contribution in [2.24, 2.45) is 5.16 Å². The zero-order chi connectivity index (χ0) is 12.1. The Bertz CT molecular complexity index is 528. The first-order chi connectivity index (χ1) is 8.31. The van der Waals surface area contributed by atoms with E-state index in [4.69, 9.17) is 5.21 Å². The molecule has 1 N–H and O–H groups in total. The summed E-state index contributed by atoms with van der Waals surface area (Å²) in [6.07, 6.45) is 1.68. The van der Waals surface area contributed by atoms with Gasteiger partial charge in [0.05, 0.1) is 0 Å². The van der Waals surface area contributed by atoms with E-state index in [2.05, 4.69) is 15.4 Å². The molecule has 0 bridgehead atoms. The fourth-order valence-corrected chi connectivity index (χ4v) is 1.45. The van der Waals surface area contributed by atoms with Crippen molar-refractivity contribution in [3.8, 4) is 0 Å². The molecule has 0 saturated carbocycles. The van der Waals surface area contributed by atoms with Crippen LogP contribution in [0.25, 0.3) is 0 Å². The summed E-state index contributed by atoms with van der Waals surface area (Å²) >= 11 is 0. The van der Waals surface area contributed by atoms with Gasteiger partial charge in [-0.2, -0.15) is 5.10 Å². The van der Waals surface area contributed by atoms with E-state index < -0.39 is 0 Å². The second-order valence-electron chi connectivity index (χ2n) is 3.42. The highest BCUT2D eigenvalue weighted by atomic mass is 19.1. The molecule has 17 heavy (non-hydrogen) atoms. The summed E-state index contributed by atoms with van der Waals surface area (Å²) < 4.78 is 13.4. The highest BCUT2D eigenvalue weighted by Crippen LogP contribution is 2.10. The molecular weight excluding hydrogens is 221 g/mol. The maximum absolute atomic E-state index is 13.4. The molecule has 0 radical (unpaired) electrons. The summed E-state index contributed by atoms with van der Waals surface area (Å²) in [6, 6.07) is 9.66. The number of benzene rings is 1. The van der Waals surface area contributed by atoms with Gasteiger partial charge in [-0.3, -0.25) is 0 Å². The van der Waals surface area contributed by atoms with Crippen LogP contribution in [0.3, 0.4) is 0 Å². The quantitative estimate of drug-likeness (QED) is 0.499. The van der Waals surface area contributed by atoms with Crippen molar-refractivity contribution in [3.05, 3.63) is 59.7 Å². The van der Waals surface area contributed by atoms with Gasteiger partial charge < -0.3 is 5.21 Å². The SMILES string of the molecule is O/N=C(\Cc1ccccc1F)c1cccnn1. The molecule has 0 atom stereocenters. The van der Waals surface area contributed by atoms with Crippen LogP contribution in [0.1, 0.15) is 11.3 Å². The lowest BCUT2D eigenvalue weighted by molar-refractivity contribution is 0.318. The Morgan fingerprint density at radius 1 is 1.24 bits per heavy atom. The molecule has 0 amide bonds. The first kappa shape index (κ1) is 11.2. The number of hydrogen-bond donors (Lipinski definition) is 1. The predicted molar refractivity (Wildman–Crippen MR) is 60.5 cm³/mol. The Labute approximate surface area is 97.4 Å². The molecule has 2 aromatic rings. The van der Waals surface area contributed by atoms with Crippen molar-refractivity contribution in [1.82, 2.24) is 10.2 Å². The standard InChI is InChI=1S/C12H10FN3O/c13-10-5-2-1-4-9(10)8-12(16-17)11-6-3-7-14-15-11/h1-7,17H,8H2/b16-12+. The molecular formula is C12H10FN3O. The van der Waals surface area contributed by atoms with E-state index in [-0.39, 0.29) is 17.9 Å². The van der Waals surface area contributed by atoms with Gasteiger partial charge in [-0.15, -0.1) is 5.10 Å². The first-order valence-corrected chi connectivity index (χ1v) is 5.03. The van der Waals surface area contributed by atoms with Crippen molar-refractivity contribution >= 4 is 5.71 Å². The third kappa shape index (κ3) is 2.63.